The number of rotatable bonds is 5. The Morgan fingerprint density at radius 3 is 2.82 bits per heavy atom. The molecule has 0 aliphatic heterocycles. The zero-order chi connectivity index (χ0) is 12.8. The summed E-state index contributed by atoms with van der Waals surface area (Å²) in [6, 6.07) is 0.0329. The maximum atomic E-state index is 11.7. The number of hydrogen-bond donors (Lipinski definition) is 3. The third kappa shape index (κ3) is 4.24. The Kier molecular flexibility index (Phi) is 5.25. The fourth-order valence-corrected chi connectivity index (χ4v) is 2.26. The quantitative estimate of drug-likeness (QED) is 0.295. The van der Waals surface area contributed by atoms with Gasteiger partial charge in [-0.05, 0) is 25.2 Å². The van der Waals surface area contributed by atoms with Gasteiger partial charge in [-0.2, -0.15) is 0 Å². The number of carbonyl (C=O) groups excluding carboxylic acids is 1. The van der Waals surface area contributed by atoms with E-state index in [1.54, 1.807) is 0 Å². The van der Waals surface area contributed by atoms with Crippen molar-refractivity contribution in [1.29, 1.82) is 0 Å². The lowest BCUT2D eigenvalue weighted by Gasteiger charge is -2.20. The molecule has 5 nitrogen and oxygen atoms in total. The van der Waals surface area contributed by atoms with Gasteiger partial charge in [0.05, 0.1) is 0 Å². The largest absolute Gasteiger partial charge is 0.409 e. The number of nitrogens with zero attached hydrogens (tertiary/aromatic N) is 1. The molecule has 1 fully saturated rings. The number of oxime groups is 1. The second kappa shape index (κ2) is 6.47. The predicted octanol–water partition coefficient (Wildman–Crippen LogP) is 1.45. The molecule has 4 N–H and O–H groups in total. The molecule has 1 rings (SSSR count). The third-order valence-electron chi connectivity index (χ3n) is 3.31. The van der Waals surface area contributed by atoms with Crippen molar-refractivity contribution in [2.75, 3.05) is 0 Å². The van der Waals surface area contributed by atoms with Crippen molar-refractivity contribution in [3.63, 3.8) is 0 Å². The molecule has 2 unspecified atom stereocenters. The van der Waals surface area contributed by atoms with E-state index in [-0.39, 0.29) is 23.7 Å². The zero-order valence-corrected chi connectivity index (χ0v) is 10.6. The first kappa shape index (κ1) is 13.8. The molecule has 1 aliphatic rings. The van der Waals surface area contributed by atoms with Crippen molar-refractivity contribution >= 4 is 11.7 Å². The summed E-state index contributed by atoms with van der Waals surface area (Å²) < 4.78 is 0. The van der Waals surface area contributed by atoms with Gasteiger partial charge in [0.2, 0.25) is 5.91 Å². The first-order chi connectivity index (χ1) is 8.04. The highest BCUT2D eigenvalue weighted by molar-refractivity contribution is 5.84. The Morgan fingerprint density at radius 2 is 2.24 bits per heavy atom. The van der Waals surface area contributed by atoms with Crippen molar-refractivity contribution in [1.82, 2.24) is 5.32 Å². The second-order valence-corrected chi connectivity index (χ2v) is 5.17. The molecule has 5 heteroatoms. The summed E-state index contributed by atoms with van der Waals surface area (Å²) in [6.07, 6.45) is 4.25. The lowest BCUT2D eigenvalue weighted by molar-refractivity contribution is -0.122. The fraction of sp³-hybridized carbons (Fsp3) is 0.833. The summed E-state index contributed by atoms with van der Waals surface area (Å²) in [7, 11) is 0. The minimum atomic E-state index is -0.0111. The Balaban J connectivity index is 2.42. The maximum absolute atomic E-state index is 11.7. The van der Waals surface area contributed by atoms with Crippen LogP contribution in [-0.2, 0) is 4.79 Å². The molecule has 0 aromatic rings. The molecule has 98 valence electrons. The molecule has 0 radical (unpaired) electrons. The molecular weight excluding hydrogens is 218 g/mol. The summed E-state index contributed by atoms with van der Waals surface area (Å²) in [6.45, 7) is 4.20. The van der Waals surface area contributed by atoms with Gasteiger partial charge in [0.15, 0.2) is 0 Å². The predicted molar refractivity (Wildman–Crippen MR) is 66.8 cm³/mol. The molecule has 1 amide bonds. The van der Waals surface area contributed by atoms with Crippen LogP contribution in [0, 0.1) is 11.8 Å². The van der Waals surface area contributed by atoms with Crippen LogP contribution < -0.4 is 11.1 Å². The topological polar surface area (TPSA) is 87.7 Å². The van der Waals surface area contributed by atoms with Gasteiger partial charge in [-0.25, -0.2) is 0 Å². The molecule has 0 spiro atoms. The highest BCUT2D eigenvalue weighted by Crippen LogP contribution is 2.25. The Hall–Kier alpha value is -1.26. The first-order valence-corrected chi connectivity index (χ1v) is 6.31. The van der Waals surface area contributed by atoms with Crippen molar-refractivity contribution < 1.29 is 10.0 Å². The maximum Gasteiger partial charge on any atom is 0.220 e. The number of hydrogen-bond acceptors (Lipinski definition) is 3. The van der Waals surface area contributed by atoms with Crippen LogP contribution in [0.1, 0.15) is 46.0 Å². The van der Waals surface area contributed by atoms with Crippen LogP contribution in [0.3, 0.4) is 0 Å². The van der Waals surface area contributed by atoms with Crippen LogP contribution in [0.5, 0.6) is 0 Å². The highest BCUT2D eigenvalue weighted by atomic mass is 16.4. The summed E-state index contributed by atoms with van der Waals surface area (Å²) >= 11 is 0. The summed E-state index contributed by atoms with van der Waals surface area (Å²) in [5.74, 6) is 0.824. The van der Waals surface area contributed by atoms with Crippen LogP contribution in [-0.4, -0.2) is 23.0 Å². The van der Waals surface area contributed by atoms with Gasteiger partial charge >= 0.3 is 0 Å². The van der Waals surface area contributed by atoms with Crippen LogP contribution in [0.25, 0.3) is 0 Å². The Bertz CT molecular complexity index is 289. The first-order valence-electron chi connectivity index (χ1n) is 6.31. The fourth-order valence-electron chi connectivity index (χ4n) is 2.26. The van der Waals surface area contributed by atoms with E-state index >= 15 is 0 Å². The van der Waals surface area contributed by atoms with Gasteiger partial charge in [-0.15, -0.1) is 0 Å². The smallest absolute Gasteiger partial charge is 0.220 e. The zero-order valence-electron chi connectivity index (χ0n) is 10.6. The Morgan fingerprint density at radius 1 is 1.53 bits per heavy atom. The van der Waals surface area contributed by atoms with Gasteiger partial charge in [0.25, 0.3) is 0 Å². The van der Waals surface area contributed by atoms with Crippen molar-refractivity contribution in [3.8, 4) is 0 Å². The molecule has 0 bridgehead atoms. The molecule has 1 aliphatic carbocycles. The lowest BCUT2D eigenvalue weighted by Crippen LogP contribution is -2.42. The average Bonchev–Trinajstić information content (AvgIpc) is 2.73. The molecule has 17 heavy (non-hydrogen) atoms. The number of carbonyl (C=O) groups is 1. The van der Waals surface area contributed by atoms with Crippen LogP contribution >= 0.6 is 0 Å². The number of nitrogens with one attached hydrogen (secondary N) is 1. The SMILES string of the molecule is CC(C)CCC(=O)NC1CCCC1C(N)=NO. The number of amides is 1. The van der Waals surface area contributed by atoms with E-state index in [9.17, 15) is 4.79 Å². The highest BCUT2D eigenvalue weighted by Gasteiger charge is 2.31. The van der Waals surface area contributed by atoms with Gasteiger partial charge < -0.3 is 16.3 Å². The van der Waals surface area contributed by atoms with Crippen molar-refractivity contribution in [2.45, 2.75) is 52.0 Å². The minimum absolute atomic E-state index is 0.0111. The van der Waals surface area contributed by atoms with Crippen LogP contribution in [0.15, 0.2) is 5.16 Å². The Labute approximate surface area is 102 Å². The van der Waals surface area contributed by atoms with E-state index in [1.165, 1.54) is 0 Å². The van der Waals surface area contributed by atoms with Crippen molar-refractivity contribution in [3.05, 3.63) is 0 Å². The molecule has 1 saturated carbocycles. The third-order valence-corrected chi connectivity index (χ3v) is 3.31. The van der Waals surface area contributed by atoms with Crippen LogP contribution in [0.4, 0.5) is 0 Å². The van der Waals surface area contributed by atoms with Gasteiger partial charge in [0.1, 0.15) is 5.84 Å². The second-order valence-electron chi connectivity index (χ2n) is 5.17. The van der Waals surface area contributed by atoms with E-state index < -0.39 is 0 Å². The summed E-state index contributed by atoms with van der Waals surface area (Å²) in [4.78, 5) is 11.7. The normalized spacial score (nSPS) is 25.2. The van der Waals surface area contributed by atoms with E-state index in [2.05, 4.69) is 24.3 Å². The van der Waals surface area contributed by atoms with Crippen LogP contribution in [0.2, 0.25) is 0 Å². The number of nitrogens with two attached hydrogens (primary N) is 1. The molecule has 2 atom stereocenters. The lowest BCUT2D eigenvalue weighted by atomic mass is 10.0. The molecule has 0 aromatic heterocycles. The minimum Gasteiger partial charge on any atom is -0.409 e. The molecule has 0 heterocycles. The molecule has 0 aromatic carbocycles. The van der Waals surface area contributed by atoms with Gasteiger partial charge in [-0.1, -0.05) is 25.4 Å². The average molecular weight is 241 g/mol. The number of amidine groups is 1. The molecule has 0 saturated heterocycles. The molecular formula is C12H23N3O2. The monoisotopic (exact) mass is 241 g/mol. The standard InChI is InChI=1S/C12H23N3O2/c1-8(2)6-7-11(16)14-10-5-3-4-9(10)12(13)15-17/h8-10,17H,3-7H2,1-2H3,(H2,13,15)(H,14,16). The van der Waals surface area contributed by atoms with E-state index in [0.29, 0.717) is 12.3 Å². The summed E-state index contributed by atoms with van der Waals surface area (Å²) in [5.41, 5.74) is 5.62. The van der Waals surface area contributed by atoms with E-state index in [4.69, 9.17) is 10.9 Å². The van der Waals surface area contributed by atoms with Gasteiger partial charge in [-0.3, -0.25) is 4.79 Å². The summed E-state index contributed by atoms with van der Waals surface area (Å²) in [5, 5.41) is 14.7. The van der Waals surface area contributed by atoms with E-state index in [0.717, 1.165) is 25.7 Å². The van der Waals surface area contributed by atoms with Gasteiger partial charge in [0, 0.05) is 18.4 Å². The van der Waals surface area contributed by atoms with E-state index in [1.807, 2.05) is 0 Å². The van der Waals surface area contributed by atoms with Crippen molar-refractivity contribution in [2.24, 2.45) is 22.7 Å².